The van der Waals surface area contributed by atoms with Gasteiger partial charge in [0.2, 0.25) is 0 Å². The van der Waals surface area contributed by atoms with Gasteiger partial charge in [0.1, 0.15) is 6.33 Å². The number of benzene rings is 2. The van der Waals surface area contributed by atoms with E-state index >= 15 is 0 Å². The molecule has 3 rings (SSSR count). The molecular formula is C17H16N4O2S. The van der Waals surface area contributed by atoms with E-state index in [9.17, 15) is 8.42 Å². The van der Waals surface area contributed by atoms with Crippen molar-refractivity contribution in [2.24, 2.45) is 7.05 Å². The van der Waals surface area contributed by atoms with E-state index in [1.807, 2.05) is 37.4 Å². The summed E-state index contributed by atoms with van der Waals surface area (Å²) in [5, 5.41) is 8.99. The molecule has 0 unspecified atom stereocenters. The van der Waals surface area contributed by atoms with Gasteiger partial charge in [-0.25, -0.2) is 8.42 Å². The highest BCUT2D eigenvalue weighted by Crippen LogP contribution is 2.19. The molecule has 0 aliphatic heterocycles. The smallest absolute Gasteiger partial charge is 0.255 e. The van der Waals surface area contributed by atoms with Crippen molar-refractivity contribution >= 4 is 21.8 Å². The fraction of sp³-hybridized carbons (Fsp3) is 0.0588. The lowest BCUT2D eigenvalue weighted by molar-refractivity contribution is 0.609. The summed E-state index contributed by atoms with van der Waals surface area (Å²) in [6.07, 6.45) is 3.16. The second-order valence-electron chi connectivity index (χ2n) is 5.20. The highest BCUT2D eigenvalue weighted by Gasteiger charge is 2.08. The summed E-state index contributed by atoms with van der Waals surface area (Å²) in [6, 6.07) is 16.2. The normalized spacial score (nSPS) is 11.7. The van der Waals surface area contributed by atoms with Crippen LogP contribution >= 0.6 is 0 Å². The molecule has 0 saturated carbocycles. The van der Waals surface area contributed by atoms with Gasteiger partial charge in [-0.15, -0.1) is 10.2 Å². The van der Waals surface area contributed by atoms with Crippen molar-refractivity contribution in [2.45, 2.75) is 0 Å². The quantitative estimate of drug-likeness (QED) is 0.775. The predicted molar refractivity (Wildman–Crippen MR) is 94.5 cm³/mol. The minimum absolute atomic E-state index is 0.485. The average Bonchev–Trinajstić information content (AvgIpc) is 3.01. The van der Waals surface area contributed by atoms with Crippen LogP contribution in [0.3, 0.4) is 0 Å². The van der Waals surface area contributed by atoms with Crippen LogP contribution in [0, 0.1) is 0 Å². The molecule has 7 heteroatoms. The molecule has 1 heterocycles. The first kappa shape index (κ1) is 15.9. The van der Waals surface area contributed by atoms with Crippen LogP contribution in [-0.4, -0.2) is 23.2 Å². The summed E-state index contributed by atoms with van der Waals surface area (Å²) < 4.78 is 28.5. The molecule has 0 aliphatic carbocycles. The molecule has 1 N–H and O–H groups in total. The van der Waals surface area contributed by atoms with Crippen LogP contribution in [0.4, 0.5) is 5.69 Å². The van der Waals surface area contributed by atoms with Crippen molar-refractivity contribution in [3.8, 4) is 11.4 Å². The number of nitrogens with one attached hydrogen (secondary N) is 1. The first-order valence-electron chi connectivity index (χ1n) is 7.24. The summed E-state index contributed by atoms with van der Waals surface area (Å²) in [5.41, 5.74) is 2.16. The molecule has 0 spiro atoms. The SMILES string of the molecule is Cn1cnnc1-c1ccc(NS(=O)(=O)/C=C/c2ccccc2)cc1. The van der Waals surface area contributed by atoms with Gasteiger partial charge >= 0.3 is 0 Å². The molecule has 2 aromatic carbocycles. The molecule has 0 radical (unpaired) electrons. The molecule has 0 amide bonds. The van der Waals surface area contributed by atoms with Gasteiger partial charge in [0, 0.05) is 18.3 Å². The fourth-order valence-corrected chi connectivity index (χ4v) is 3.03. The van der Waals surface area contributed by atoms with E-state index in [1.165, 1.54) is 0 Å². The van der Waals surface area contributed by atoms with Crippen molar-refractivity contribution in [3.05, 3.63) is 71.9 Å². The Labute approximate surface area is 140 Å². The Morgan fingerprint density at radius 2 is 1.75 bits per heavy atom. The summed E-state index contributed by atoms with van der Waals surface area (Å²) in [6.45, 7) is 0. The third-order valence-corrected chi connectivity index (χ3v) is 4.37. The van der Waals surface area contributed by atoms with Gasteiger partial charge in [-0.2, -0.15) is 0 Å². The minimum Gasteiger partial charge on any atom is -0.317 e. The maximum absolute atomic E-state index is 12.1. The van der Waals surface area contributed by atoms with E-state index in [0.29, 0.717) is 11.5 Å². The molecule has 0 fully saturated rings. The van der Waals surface area contributed by atoms with Crippen molar-refractivity contribution in [1.29, 1.82) is 0 Å². The number of aromatic nitrogens is 3. The first-order valence-corrected chi connectivity index (χ1v) is 8.78. The van der Waals surface area contributed by atoms with Gasteiger partial charge in [-0.1, -0.05) is 30.3 Å². The summed E-state index contributed by atoms with van der Waals surface area (Å²) in [5.74, 6) is 0.716. The second-order valence-corrected chi connectivity index (χ2v) is 6.77. The monoisotopic (exact) mass is 340 g/mol. The molecule has 0 saturated heterocycles. The van der Waals surface area contributed by atoms with Crippen LogP contribution in [-0.2, 0) is 17.1 Å². The molecular weight excluding hydrogens is 324 g/mol. The zero-order valence-corrected chi connectivity index (χ0v) is 13.8. The van der Waals surface area contributed by atoms with E-state index in [2.05, 4.69) is 14.9 Å². The van der Waals surface area contributed by atoms with Crippen LogP contribution in [0.1, 0.15) is 5.56 Å². The lowest BCUT2D eigenvalue weighted by Crippen LogP contribution is -2.08. The highest BCUT2D eigenvalue weighted by molar-refractivity contribution is 7.95. The van der Waals surface area contributed by atoms with Crippen molar-refractivity contribution in [3.63, 3.8) is 0 Å². The maximum atomic E-state index is 12.1. The second kappa shape index (κ2) is 6.67. The van der Waals surface area contributed by atoms with Crippen LogP contribution in [0.25, 0.3) is 17.5 Å². The highest BCUT2D eigenvalue weighted by atomic mass is 32.2. The Morgan fingerprint density at radius 3 is 2.38 bits per heavy atom. The van der Waals surface area contributed by atoms with Gasteiger partial charge in [0.05, 0.1) is 5.41 Å². The molecule has 1 aromatic heterocycles. The molecule has 0 bridgehead atoms. The molecule has 0 aliphatic rings. The van der Waals surface area contributed by atoms with E-state index in [4.69, 9.17) is 0 Å². The third kappa shape index (κ3) is 3.88. The Balaban J connectivity index is 1.73. The van der Waals surface area contributed by atoms with E-state index in [0.717, 1.165) is 16.5 Å². The summed E-state index contributed by atoms with van der Waals surface area (Å²) in [4.78, 5) is 0. The lowest BCUT2D eigenvalue weighted by atomic mass is 10.2. The Hall–Kier alpha value is -2.93. The molecule has 122 valence electrons. The zero-order valence-electron chi connectivity index (χ0n) is 13.0. The Morgan fingerprint density at radius 1 is 1.04 bits per heavy atom. The van der Waals surface area contributed by atoms with Crippen LogP contribution in [0.15, 0.2) is 66.3 Å². The topological polar surface area (TPSA) is 76.9 Å². The number of nitrogens with zero attached hydrogens (tertiary/aromatic N) is 3. The van der Waals surface area contributed by atoms with Crippen LogP contribution < -0.4 is 4.72 Å². The predicted octanol–water partition coefficient (Wildman–Crippen LogP) is 2.89. The van der Waals surface area contributed by atoms with Gasteiger partial charge in [-0.3, -0.25) is 4.72 Å². The number of hydrogen-bond acceptors (Lipinski definition) is 4. The largest absolute Gasteiger partial charge is 0.317 e. The van der Waals surface area contributed by atoms with Crippen LogP contribution in [0.5, 0.6) is 0 Å². The zero-order chi connectivity index (χ0) is 17.0. The summed E-state index contributed by atoms with van der Waals surface area (Å²) in [7, 11) is -1.72. The van der Waals surface area contributed by atoms with Crippen molar-refractivity contribution in [1.82, 2.24) is 14.8 Å². The number of hydrogen-bond donors (Lipinski definition) is 1. The Kier molecular flexibility index (Phi) is 4.43. The first-order chi connectivity index (χ1) is 11.5. The lowest BCUT2D eigenvalue weighted by Gasteiger charge is -2.06. The van der Waals surface area contributed by atoms with Gasteiger partial charge < -0.3 is 4.57 Å². The van der Waals surface area contributed by atoms with Crippen molar-refractivity contribution < 1.29 is 8.42 Å². The molecule has 6 nitrogen and oxygen atoms in total. The van der Waals surface area contributed by atoms with Gasteiger partial charge in [-0.05, 0) is 35.9 Å². The summed E-state index contributed by atoms with van der Waals surface area (Å²) >= 11 is 0. The number of anilines is 1. The van der Waals surface area contributed by atoms with Crippen molar-refractivity contribution in [2.75, 3.05) is 4.72 Å². The fourth-order valence-electron chi connectivity index (χ4n) is 2.16. The minimum atomic E-state index is -3.57. The molecule has 24 heavy (non-hydrogen) atoms. The van der Waals surface area contributed by atoms with Gasteiger partial charge in [0.15, 0.2) is 5.82 Å². The number of sulfonamides is 1. The van der Waals surface area contributed by atoms with Crippen LogP contribution in [0.2, 0.25) is 0 Å². The number of rotatable bonds is 5. The average molecular weight is 340 g/mol. The standard InChI is InChI=1S/C17H16N4O2S/c1-21-13-18-19-17(21)15-7-9-16(10-8-15)20-24(22,23)12-11-14-5-3-2-4-6-14/h2-13,20H,1H3/b12-11+. The number of aryl methyl sites for hydroxylation is 1. The van der Waals surface area contributed by atoms with E-state index in [-0.39, 0.29) is 0 Å². The Bertz CT molecular complexity index is 946. The molecule has 0 atom stereocenters. The van der Waals surface area contributed by atoms with E-state index < -0.39 is 10.0 Å². The van der Waals surface area contributed by atoms with Gasteiger partial charge in [0.25, 0.3) is 10.0 Å². The van der Waals surface area contributed by atoms with E-state index in [1.54, 1.807) is 41.2 Å². The molecule has 3 aromatic rings. The third-order valence-electron chi connectivity index (χ3n) is 3.35. The maximum Gasteiger partial charge on any atom is 0.255 e.